The second-order valence-electron chi connectivity index (χ2n) is 20.5. The summed E-state index contributed by atoms with van der Waals surface area (Å²) in [5.41, 5.74) is 8.09. The van der Waals surface area contributed by atoms with Crippen molar-refractivity contribution in [2.75, 3.05) is 42.9 Å². The number of hydrogen-bond acceptors (Lipinski definition) is 13. The molecule has 5 aromatic rings. The molecule has 4 aliphatic rings. The summed E-state index contributed by atoms with van der Waals surface area (Å²) in [5, 5.41) is 6.89. The third-order valence-corrected chi connectivity index (χ3v) is 16.9. The van der Waals surface area contributed by atoms with Gasteiger partial charge in [-0.1, -0.05) is 36.4 Å². The largest absolute Gasteiger partial charge is 0.493 e. The van der Waals surface area contributed by atoms with Gasteiger partial charge in [0.25, 0.3) is 21.9 Å². The van der Waals surface area contributed by atoms with E-state index in [1.165, 1.54) is 7.11 Å². The minimum atomic E-state index is -4.12. The van der Waals surface area contributed by atoms with Crippen molar-refractivity contribution < 1.29 is 60.4 Å². The molecule has 0 bridgehead atoms. The predicted octanol–water partition coefficient (Wildman–Crippen LogP) is 7.21. The Labute approximate surface area is 459 Å². The quantitative estimate of drug-likeness (QED) is 0.0434. The molecule has 4 heterocycles. The Kier molecular flexibility index (Phi) is 17.3. The first-order valence-corrected chi connectivity index (χ1v) is 28.2. The number of carbonyl (C=O) groups is 7. The fourth-order valence-corrected chi connectivity index (χ4v) is 12.3. The number of Topliss-reactive ketones (excluding diaryl/α,β-unsaturated/α-hetero) is 2. The molecule has 0 aliphatic carbocycles. The zero-order chi connectivity index (χ0) is 56.0. The Hall–Kier alpha value is -7.90. The molecule has 9 rings (SSSR count). The molecule has 5 aromatic carbocycles. The van der Waals surface area contributed by atoms with Crippen molar-refractivity contribution >= 4 is 68.3 Å². The Morgan fingerprint density at radius 2 is 1.24 bits per heavy atom. The van der Waals surface area contributed by atoms with Crippen molar-refractivity contribution in [3.63, 3.8) is 0 Å². The van der Waals surface area contributed by atoms with Crippen molar-refractivity contribution in [1.29, 1.82) is 0 Å². The number of ketones is 2. The molecule has 1 unspecified atom stereocenters. The smallest absolute Gasteiger partial charge is 0.272 e. The van der Waals surface area contributed by atoms with Crippen molar-refractivity contribution in [1.82, 2.24) is 10.6 Å². The molecule has 0 fully saturated rings. The van der Waals surface area contributed by atoms with Gasteiger partial charge in [0.15, 0.2) is 17.3 Å². The number of fused-ring (bicyclic) bond motifs is 8. The first-order chi connectivity index (χ1) is 38.0. The van der Waals surface area contributed by atoms with Crippen LogP contribution in [0.15, 0.2) is 91.0 Å². The number of anilines is 3. The van der Waals surface area contributed by atoms with Gasteiger partial charge in [-0.05, 0) is 145 Å². The lowest BCUT2D eigenvalue weighted by Crippen LogP contribution is -2.47. The van der Waals surface area contributed by atoms with Crippen LogP contribution in [-0.2, 0) is 77.2 Å². The molecule has 79 heavy (non-hydrogen) atoms. The lowest BCUT2D eigenvalue weighted by molar-refractivity contribution is -0.127. The number of nitrogens with zero attached hydrogens (tertiary/aromatic N) is 2. The van der Waals surface area contributed by atoms with Crippen molar-refractivity contribution in [2.24, 2.45) is 0 Å². The van der Waals surface area contributed by atoms with E-state index >= 15 is 0 Å². The predicted molar refractivity (Wildman–Crippen MR) is 295 cm³/mol. The number of methoxy groups -OCH3 is 1. The summed E-state index contributed by atoms with van der Waals surface area (Å²) in [7, 11) is 0.0717. The fourth-order valence-electron chi connectivity index (χ4n) is 11.1. The molecule has 0 saturated heterocycles. The third kappa shape index (κ3) is 12.7. The molecule has 0 saturated carbocycles. The number of benzene rings is 5. The maximum atomic E-state index is 14.4. The highest BCUT2D eigenvalue weighted by Crippen LogP contribution is 2.43. The van der Waals surface area contributed by atoms with Crippen molar-refractivity contribution in [2.45, 2.75) is 121 Å². The van der Waals surface area contributed by atoms with Gasteiger partial charge >= 0.3 is 0 Å². The number of carbonyl (C=O) groups excluding carboxylic acids is 7. The molecule has 3 N–H and O–H groups in total. The van der Waals surface area contributed by atoms with E-state index in [4.69, 9.17) is 18.4 Å². The second kappa shape index (κ2) is 24.4. The van der Waals surface area contributed by atoms with Crippen LogP contribution in [0.25, 0.3) is 0 Å². The van der Waals surface area contributed by atoms with Crippen LogP contribution in [0.5, 0.6) is 17.2 Å². The molecule has 5 amide bonds. The second-order valence-corrected chi connectivity index (χ2v) is 22.4. The summed E-state index contributed by atoms with van der Waals surface area (Å²) in [6.45, 7) is 1.47. The van der Waals surface area contributed by atoms with E-state index in [2.05, 4.69) is 22.0 Å². The number of para-hydroxylation sites is 2. The molecule has 0 radical (unpaired) electrons. The van der Waals surface area contributed by atoms with Crippen molar-refractivity contribution in [3.8, 4) is 17.2 Å². The molecule has 414 valence electrons. The highest BCUT2D eigenvalue weighted by molar-refractivity contribution is 7.87. The van der Waals surface area contributed by atoms with Crippen LogP contribution in [0.1, 0.15) is 117 Å². The lowest BCUT2D eigenvalue weighted by atomic mass is 9.97. The molecule has 0 spiro atoms. The molecule has 19 heteroatoms. The van der Waals surface area contributed by atoms with E-state index in [1.807, 2.05) is 66.4 Å². The first-order valence-electron chi connectivity index (χ1n) is 26.7. The Morgan fingerprint density at radius 1 is 0.620 bits per heavy atom. The number of unbranched alkanes of at least 4 members (excludes halogenated alkanes) is 1. The minimum absolute atomic E-state index is 0.000463. The Balaban J connectivity index is 0.904. The van der Waals surface area contributed by atoms with Crippen LogP contribution in [0.2, 0.25) is 0 Å². The highest BCUT2D eigenvalue weighted by Gasteiger charge is 2.48. The van der Waals surface area contributed by atoms with E-state index in [9.17, 15) is 42.0 Å². The average molecular weight is 1100 g/mol. The van der Waals surface area contributed by atoms with E-state index in [0.717, 1.165) is 42.3 Å². The maximum Gasteiger partial charge on any atom is 0.272 e. The number of nitrogens with one attached hydrogen (secondary N) is 3. The van der Waals surface area contributed by atoms with Gasteiger partial charge in [0, 0.05) is 79.8 Å². The van der Waals surface area contributed by atoms with E-state index in [1.54, 1.807) is 42.3 Å². The van der Waals surface area contributed by atoms with Gasteiger partial charge in [-0.25, -0.2) is 0 Å². The SMILES string of the molecule is CNC(=O)CCCCC(=O)CCC(=O)NCC(=O)CCC(=O)Nc1cc(COc2cc3c(cc2C)C(=O)N2c4ccccc4C[C@H]2C(S(=O)(=O)OC)C3)cc(COc2cc3c(cc2OC)C(=O)N2c4ccccc4C[C@H]2CC3)c1. The van der Waals surface area contributed by atoms with Gasteiger partial charge in [0.05, 0.1) is 26.8 Å². The number of ether oxygens (including phenoxy) is 3. The van der Waals surface area contributed by atoms with Crippen LogP contribution >= 0.6 is 0 Å². The van der Waals surface area contributed by atoms with Gasteiger partial charge in [0.1, 0.15) is 30.0 Å². The third-order valence-electron chi connectivity index (χ3n) is 15.2. The molecule has 3 atom stereocenters. The Morgan fingerprint density at radius 3 is 1.95 bits per heavy atom. The minimum Gasteiger partial charge on any atom is -0.493 e. The number of hydrogen-bond donors (Lipinski definition) is 3. The summed E-state index contributed by atoms with van der Waals surface area (Å²) in [5.74, 6) is -0.728. The monoisotopic (exact) mass is 1100 g/mol. The van der Waals surface area contributed by atoms with Crippen LogP contribution in [0.4, 0.5) is 17.1 Å². The molecular weight excluding hydrogens is 1030 g/mol. The van der Waals surface area contributed by atoms with Crippen LogP contribution < -0.4 is 40.0 Å². The van der Waals surface area contributed by atoms with E-state index in [0.29, 0.717) is 94.1 Å². The summed E-state index contributed by atoms with van der Waals surface area (Å²) >= 11 is 0. The fraction of sp³-hybridized carbons (Fsp3) is 0.383. The number of rotatable bonds is 23. The number of amides is 5. The topological polar surface area (TPSA) is 233 Å². The van der Waals surface area contributed by atoms with Crippen LogP contribution in [-0.4, -0.2) is 94.7 Å². The highest BCUT2D eigenvalue weighted by atomic mass is 32.2. The lowest BCUT2D eigenvalue weighted by Gasteiger charge is -2.28. The van der Waals surface area contributed by atoms with E-state index in [-0.39, 0.29) is 93.6 Å². The van der Waals surface area contributed by atoms with Crippen LogP contribution in [0.3, 0.4) is 0 Å². The summed E-state index contributed by atoms with van der Waals surface area (Å²) in [6, 6.07) is 27.0. The Bertz CT molecular complexity index is 3340. The zero-order valence-electron chi connectivity index (χ0n) is 44.8. The average Bonchev–Trinajstić information content (AvgIpc) is 4.08. The normalized spacial score (nSPS) is 16.9. The van der Waals surface area contributed by atoms with Gasteiger partial charge in [0.2, 0.25) is 17.7 Å². The number of aryl methyl sites for hydroxylation is 2. The van der Waals surface area contributed by atoms with Gasteiger partial charge in [-0.2, -0.15) is 8.42 Å². The van der Waals surface area contributed by atoms with Crippen LogP contribution in [0, 0.1) is 6.92 Å². The van der Waals surface area contributed by atoms with Gasteiger partial charge < -0.3 is 40.0 Å². The first kappa shape index (κ1) is 55.8. The molecule has 0 aromatic heterocycles. The van der Waals surface area contributed by atoms with Gasteiger partial charge in [-0.3, -0.25) is 37.7 Å². The molecule has 4 aliphatic heterocycles. The molecular formula is C60H65N5O13S. The summed E-state index contributed by atoms with van der Waals surface area (Å²) < 4.78 is 51.0. The maximum absolute atomic E-state index is 14.4. The van der Waals surface area contributed by atoms with Crippen molar-refractivity contribution in [3.05, 3.63) is 141 Å². The summed E-state index contributed by atoms with van der Waals surface area (Å²) in [4.78, 5) is 94.5. The molecule has 18 nitrogen and oxygen atoms in total. The van der Waals surface area contributed by atoms with Gasteiger partial charge in [-0.15, -0.1) is 0 Å². The zero-order valence-corrected chi connectivity index (χ0v) is 45.6. The summed E-state index contributed by atoms with van der Waals surface area (Å²) in [6.07, 6.45) is 3.78. The standard InChI is InChI=1S/C60H65N5O13S/c1-36-23-47-42(31-55(79(73,74)76-4)51-28-41-12-6-9-15-50(41)65(51)60(47)72)30-52(36)77-34-37-24-38(26-43(25-37)63-58(70)22-20-46(67)33-62-57(69)21-19-45(66)13-7-10-16-56(68)61-2)35-78-54-29-39-17-18-44-27-40-11-5-8-14-49(40)64(44)59(71)48(39)32-53(54)75-3/h5-6,8-9,11-12,14-15,23-26,29-30,32,44,51,55H,7,10,13,16-22,27-28,31,33-35H2,1-4H3,(H,61,68)(H,62,69)(H,63,70)/t44-,51+,55?/m1/s1. The van der Waals surface area contributed by atoms with E-state index < -0.39 is 33.2 Å².